The number of ether oxygens (including phenoxy) is 1. The Morgan fingerprint density at radius 1 is 1.05 bits per heavy atom. The number of hydrogen-bond donors (Lipinski definition) is 0. The van der Waals surface area contributed by atoms with Crippen LogP contribution < -0.4 is 0 Å². The molecule has 0 atom stereocenters. The van der Waals surface area contributed by atoms with Crippen molar-refractivity contribution in [1.82, 2.24) is 4.90 Å². The van der Waals surface area contributed by atoms with Crippen LogP contribution in [0.2, 0.25) is 5.02 Å². The van der Waals surface area contributed by atoms with E-state index in [1.54, 1.807) is 6.92 Å². The number of likely N-dealkylation sites (tertiary alicyclic amines) is 1. The highest BCUT2D eigenvalue weighted by atomic mass is 35.5. The van der Waals surface area contributed by atoms with E-state index in [-0.39, 0.29) is 48.7 Å². The molecule has 1 aliphatic heterocycles. The molecule has 0 aromatic heterocycles. The number of esters is 1. The number of carbonyl (C=O) groups excluding carboxylic acids is 2. The van der Waals surface area contributed by atoms with E-state index >= 15 is 0 Å². The quantitative estimate of drug-likeness (QED) is 0.148. The van der Waals surface area contributed by atoms with Crippen molar-refractivity contribution in [3.05, 3.63) is 70.0 Å². The summed E-state index contributed by atoms with van der Waals surface area (Å²) in [6.07, 6.45) is -35.0. The normalized spacial score (nSPS) is 25.8. The molecule has 0 aliphatic carbocycles. The fourth-order valence-electron chi connectivity index (χ4n) is 4.41. The molecule has 1 saturated heterocycles. The summed E-state index contributed by atoms with van der Waals surface area (Å²) in [5.74, 6) is -2.67. The standard InChI is InChI=1S/C33H45ClFNO3/c1-3-5-6-7-8-9-10-13-32(38)39-33(28-15-17-29(34)18-16-28)20-23-36(24-21-33)22-11-12-31(37)27-14-19-30(35)26(4-2)25-27/h14-19,25H,3-13,20-24H2,1-2H3/i1D3,3D2,5D2,6D2,7D2,8D2,9D2,10D2,13D2. The zero-order chi connectivity index (χ0) is 44.9. The molecule has 0 bridgehead atoms. The molecule has 0 unspecified atom stereocenters. The maximum Gasteiger partial charge on any atom is 0.306 e. The highest BCUT2D eigenvalue weighted by Crippen LogP contribution is 2.38. The Labute approximate surface area is 266 Å². The Kier molecular flexibility index (Phi) is 5.83. The number of Topliss-reactive ketones (excluding diaryl/α,β-unsaturated/α-hetero) is 1. The largest absolute Gasteiger partial charge is 0.454 e. The van der Waals surface area contributed by atoms with Crippen LogP contribution in [0.4, 0.5) is 4.39 Å². The first-order chi connectivity index (χ1) is 26.0. The first-order valence-corrected chi connectivity index (χ1v) is 13.0. The molecular weight excluding hydrogens is 513 g/mol. The summed E-state index contributed by atoms with van der Waals surface area (Å²) < 4.78 is 174. The second-order valence-electron chi connectivity index (χ2n) is 8.92. The first kappa shape index (κ1) is 14.1. The van der Waals surface area contributed by atoms with Gasteiger partial charge in [-0.05, 0) is 67.2 Å². The van der Waals surface area contributed by atoms with Gasteiger partial charge in [-0.2, -0.15) is 0 Å². The number of benzene rings is 2. The van der Waals surface area contributed by atoms with E-state index in [1.807, 2.05) is 4.90 Å². The van der Waals surface area contributed by atoms with E-state index in [0.717, 1.165) is 0 Å². The summed E-state index contributed by atoms with van der Waals surface area (Å²) in [5, 5.41) is 0.270. The molecule has 39 heavy (non-hydrogen) atoms. The van der Waals surface area contributed by atoms with Crippen molar-refractivity contribution < 1.29 is 44.8 Å². The van der Waals surface area contributed by atoms with Crippen LogP contribution in [0.5, 0.6) is 0 Å². The van der Waals surface area contributed by atoms with Crippen LogP contribution in [0.1, 0.15) is 138 Å². The molecule has 1 aliphatic rings. The summed E-state index contributed by atoms with van der Waals surface area (Å²) in [5.41, 5.74) is -0.668. The average molecular weight is 577 g/mol. The molecule has 0 radical (unpaired) electrons. The van der Waals surface area contributed by atoms with Crippen molar-refractivity contribution in [1.29, 1.82) is 0 Å². The van der Waals surface area contributed by atoms with Crippen LogP contribution in [-0.4, -0.2) is 36.3 Å². The van der Waals surface area contributed by atoms with Crippen LogP contribution in [0, 0.1) is 5.82 Å². The van der Waals surface area contributed by atoms with Gasteiger partial charge in [0.15, 0.2) is 5.78 Å². The van der Waals surface area contributed by atoms with Gasteiger partial charge in [0, 0.05) is 75.4 Å². The highest BCUT2D eigenvalue weighted by molar-refractivity contribution is 6.30. The van der Waals surface area contributed by atoms with E-state index in [1.165, 1.54) is 42.5 Å². The van der Waals surface area contributed by atoms with Crippen molar-refractivity contribution >= 4 is 23.4 Å². The number of halogens is 2. The molecule has 0 amide bonds. The van der Waals surface area contributed by atoms with Crippen molar-refractivity contribution in [2.45, 2.75) is 102 Å². The Morgan fingerprint density at radius 2 is 1.74 bits per heavy atom. The van der Waals surface area contributed by atoms with Crippen LogP contribution in [0.3, 0.4) is 0 Å². The van der Waals surface area contributed by atoms with Gasteiger partial charge in [-0.15, -0.1) is 0 Å². The number of nitrogens with zero attached hydrogens (tertiary/aromatic N) is 1. The Bertz CT molecular complexity index is 1810. The second-order valence-corrected chi connectivity index (χ2v) is 9.36. The van der Waals surface area contributed by atoms with Crippen molar-refractivity contribution in [3.8, 4) is 0 Å². The van der Waals surface area contributed by atoms with Crippen molar-refractivity contribution in [2.75, 3.05) is 19.6 Å². The highest BCUT2D eigenvalue weighted by Gasteiger charge is 2.39. The lowest BCUT2D eigenvalue weighted by molar-refractivity contribution is -0.167. The van der Waals surface area contributed by atoms with Gasteiger partial charge in [-0.3, -0.25) is 9.59 Å². The third-order valence-electron chi connectivity index (χ3n) is 6.49. The van der Waals surface area contributed by atoms with E-state index in [2.05, 4.69) is 0 Å². The van der Waals surface area contributed by atoms with E-state index < -0.39 is 75.2 Å². The van der Waals surface area contributed by atoms with Gasteiger partial charge in [0.2, 0.25) is 0 Å². The molecule has 0 N–H and O–H groups in total. The Morgan fingerprint density at radius 3 is 2.44 bits per heavy atom. The molecule has 1 fully saturated rings. The van der Waals surface area contributed by atoms with E-state index in [4.69, 9.17) is 42.4 Å². The SMILES string of the molecule is [2H]C([2H])([2H])C([2H])([2H])C([2H])([2H])C([2H])([2H])C([2H])([2H])C([2H])([2H])C([2H])([2H])C([2H])([2H])C([2H])([2H])C(=O)OC1(c2ccc(Cl)cc2)CCN(CCCC(=O)c2ccc(F)c(CC)c2)CC1. The average Bonchev–Trinajstić information content (AvgIpc) is 3.11. The smallest absolute Gasteiger partial charge is 0.306 e. The number of rotatable bonds is 16. The second kappa shape index (κ2) is 16.1. The lowest BCUT2D eigenvalue weighted by atomic mass is 9.84. The molecule has 3 rings (SSSR count). The maximum atomic E-state index is 13.9. The molecule has 1 heterocycles. The number of ketones is 1. The summed E-state index contributed by atoms with van der Waals surface area (Å²) in [6, 6.07) is 9.95. The fourth-order valence-corrected chi connectivity index (χ4v) is 4.54. The predicted octanol–water partition coefficient (Wildman–Crippen LogP) is 8.68. The molecule has 2 aromatic carbocycles. The summed E-state index contributed by atoms with van der Waals surface area (Å²) in [4.78, 5) is 28.5. The number of piperidine rings is 1. The summed E-state index contributed by atoms with van der Waals surface area (Å²) in [7, 11) is 0. The first-order valence-electron chi connectivity index (χ1n) is 22.1. The lowest BCUT2D eigenvalue weighted by Crippen LogP contribution is -2.45. The molecular formula is C33H45ClFNO3. The van der Waals surface area contributed by atoms with Gasteiger partial charge in [-0.1, -0.05) is 75.7 Å². The predicted molar refractivity (Wildman–Crippen MR) is 157 cm³/mol. The minimum atomic E-state index is -4.66. The topological polar surface area (TPSA) is 46.6 Å². The fraction of sp³-hybridized carbons (Fsp3) is 0.576. The molecule has 0 spiro atoms. The monoisotopic (exact) mass is 576 g/mol. The minimum Gasteiger partial charge on any atom is -0.454 e. The van der Waals surface area contributed by atoms with Crippen LogP contribution >= 0.6 is 11.6 Å². The number of hydrogen-bond acceptors (Lipinski definition) is 4. The van der Waals surface area contributed by atoms with Crippen LogP contribution in [-0.2, 0) is 21.6 Å². The van der Waals surface area contributed by atoms with Gasteiger partial charge in [-0.25, -0.2) is 4.39 Å². The number of aryl methyl sites for hydroxylation is 1. The van der Waals surface area contributed by atoms with Gasteiger partial charge >= 0.3 is 5.97 Å². The molecule has 2 aromatic rings. The third-order valence-corrected chi connectivity index (χ3v) is 6.74. The zero-order valence-electron chi connectivity index (χ0n) is 40.6. The number of carbonyl (C=O) groups is 2. The van der Waals surface area contributed by atoms with Gasteiger partial charge in [0.1, 0.15) is 11.4 Å². The van der Waals surface area contributed by atoms with Crippen molar-refractivity contribution in [2.24, 2.45) is 0 Å². The molecule has 4 nitrogen and oxygen atoms in total. The van der Waals surface area contributed by atoms with E-state index in [0.29, 0.717) is 30.5 Å². The lowest BCUT2D eigenvalue weighted by Gasteiger charge is -2.41. The van der Waals surface area contributed by atoms with Gasteiger partial charge in [0.25, 0.3) is 0 Å². The van der Waals surface area contributed by atoms with Gasteiger partial charge in [0.05, 0.1) is 0 Å². The zero-order valence-corrected chi connectivity index (χ0v) is 22.4. The maximum absolute atomic E-state index is 13.9. The third kappa shape index (κ3) is 9.72. The van der Waals surface area contributed by atoms with Crippen LogP contribution in [0.25, 0.3) is 0 Å². The van der Waals surface area contributed by atoms with Gasteiger partial charge < -0.3 is 9.64 Å². The molecule has 6 heteroatoms. The Balaban J connectivity index is 1.90. The Hall–Kier alpha value is -2.24. The summed E-state index contributed by atoms with van der Waals surface area (Å²) in [6.45, 7) is -1.44. The summed E-state index contributed by atoms with van der Waals surface area (Å²) >= 11 is 6.07. The van der Waals surface area contributed by atoms with Crippen LogP contribution in [0.15, 0.2) is 42.5 Å². The van der Waals surface area contributed by atoms with E-state index in [9.17, 15) is 14.0 Å². The van der Waals surface area contributed by atoms with Crippen molar-refractivity contribution in [3.63, 3.8) is 0 Å². The minimum absolute atomic E-state index is 0.0533. The molecule has 0 saturated carbocycles. The molecule has 214 valence electrons.